The normalized spacial score (nSPS) is 20.3. The number of benzene rings is 2. The fourth-order valence-corrected chi connectivity index (χ4v) is 4.79. The van der Waals surface area contributed by atoms with Crippen LogP contribution in [0.5, 0.6) is 0 Å². The summed E-state index contributed by atoms with van der Waals surface area (Å²) in [4.78, 5) is 35.5. The van der Waals surface area contributed by atoms with Crippen LogP contribution >= 0.6 is 0 Å². The number of aliphatic hydroxyl groups excluding tert-OH is 1. The predicted octanol–water partition coefficient (Wildman–Crippen LogP) is 2.65. The summed E-state index contributed by atoms with van der Waals surface area (Å²) < 4.78 is 5.59. The number of fused-ring (bicyclic) bond motifs is 3. The number of ether oxygens (including phenoxy) is 1. The molecule has 2 aliphatic rings. The zero-order chi connectivity index (χ0) is 23.4. The van der Waals surface area contributed by atoms with Gasteiger partial charge in [-0.15, -0.1) is 0 Å². The Labute approximate surface area is 192 Å². The molecule has 1 fully saturated rings. The Morgan fingerprint density at radius 2 is 1.64 bits per heavy atom. The van der Waals surface area contributed by atoms with Gasteiger partial charge in [0, 0.05) is 17.9 Å². The number of hydrogen-bond acceptors (Lipinski definition) is 5. The Balaban J connectivity index is 1.30. The van der Waals surface area contributed by atoms with Gasteiger partial charge in [0.25, 0.3) is 0 Å². The molecule has 0 saturated heterocycles. The Bertz CT molecular complexity index is 994. The van der Waals surface area contributed by atoms with Crippen molar-refractivity contribution >= 4 is 18.0 Å². The van der Waals surface area contributed by atoms with E-state index in [0.29, 0.717) is 12.8 Å². The summed E-state index contributed by atoms with van der Waals surface area (Å²) in [6.45, 7) is -0.112. The first-order valence-corrected chi connectivity index (χ1v) is 11.2. The number of alkyl carbamates (subject to hydrolysis) is 1. The molecule has 1 saturated carbocycles. The van der Waals surface area contributed by atoms with E-state index in [1.165, 1.54) is 0 Å². The first-order valence-electron chi connectivity index (χ1n) is 11.2. The van der Waals surface area contributed by atoms with E-state index in [1.807, 2.05) is 24.3 Å². The fourth-order valence-electron chi connectivity index (χ4n) is 4.79. The molecule has 2 aromatic rings. The predicted molar refractivity (Wildman–Crippen MR) is 121 cm³/mol. The van der Waals surface area contributed by atoms with Gasteiger partial charge in [-0.3, -0.25) is 4.79 Å². The maximum Gasteiger partial charge on any atom is 0.407 e. The maximum absolute atomic E-state index is 12.5. The zero-order valence-corrected chi connectivity index (χ0v) is 18.2. The lowest BCUT2D eigenvalue weighted by Crippen LogP contribution is -2.44. The van der Waals surface area contributed by atoms with Crippen LogP contribution in [0.15, 0.2) is 48.5 Å². The van der Waals surface area contributed by atoms with Crippen LogP contribution in [0, 0.1) is 5.92 Å². The van der Waals surface area contributed by atoms with Gasteiger partial charge in [0.05, 0.1) is 6.54 Å². The standard InChI is InChI=1S/C25H28N2O6/c28-22(24(30)31)13-26-23(29)15-6-5-7-16(12-15)27-25(32)33-14-21-19-10-3-1-8-17(19)18-9-2-4-11-20(18)21/h1-4,8-11,15-16,21-22,28H,5-7,12-14H2,(H,26,29)(H,27,32)(H,30,31)/t15-,16+,22-/m0/s1. The SMILES string of the molecule is O=C(N[C@@H]1CCC[C@H](C(=O)NC[C@H](O)C(=O)O)C1)OCC1c2ccccc2-c2ccccc21. The number of nitrogens with one attached hydrogen (secondary N) is 2. The number of rotatable bonds is 7. The third kappa shape index (κ3) is 5.17. The van der Waals surface area contributed by atoms with Crippen LogP contribution < -0.4 is 10.6 Å². The molecule has 0 aliphatic heterocycles. The summed E-state index contributed by atoms with van der Waals surface area (Å²) in [7, 11) is 0. The Morgan fingerprint density at radius 3 is 2.27 bits per heavy atom. The molecule has 0 unspecified atom stereocenters. The molecule has 4 N–H and O–H groups in total. The lowest BCUT2D eigenvalue weighted by molar-refractivity contribution is -0.146. The van der Waals surface area contributed by atoms with Gasteiger partial charge in [-0.2, -0.15) is 0 Å². The van der Waals surface area contributed by atoms with Crippen molar-refractivity contribution in [2.75, 3.05) is 13.2 Å². The van der Waals surface area contributed by atoms with Crippen molar-refractivity contribution in [1.29, 1.82) is 0 Å². The maximum atomic E-state index is 12.5. The molecule has 8 nitrogen and oxygen atoms in total. The molecule has 8 heteroatoms. The van der Waals surface area contributed by atoms with Crippen molar-refractivity contribution in [2.45, 2.75) is 43.7 Å². The molecule has 0 radical (unpaired) electrons. The molecule has 2 amide bonds. The molecular formula is C25H28N2O6. The number of carbonyl (C=O) groups is 3. The second-order valence-electron chi connectivity index (χ2n) is 8.63. The van der Waals surface area contributed by atoms with Gasteiger partial charge in [0.15, 0.2) is 6.10 Å². The number of carboxylic acids is 1. The van der Waals surface area contributed by atoms with E-state index >= 15 is 0 Å². The molecule has 0 spiro atoms. The third-order valence-corrected chi connectivity index (χ3v) is 6.47. The molecule has 0 heterocycles. The van der Waals surface area contributed by atoms with Crippen molar-refractivity contribution in [2.24, 2.45) is 5.92 Å². The minimum Gasteiger partial charge on any atom is -0.479 e. The van der Waals surface area contributed by atoms with E-state index in [9.17, 15) is 19.5 Å². The third-order valence-electron chi connectivity index (χ3n) is 6.47. The van der Waals surface area contributed by atoms with E-state index in [-0.39, 0.29) is 36.9 Å². The van der Waals surface area contributed by atoms with Gasteiger partial charge in [0.1, 0.15) is 6.61 Å². The van der Waals surface area contributed by atoms with Crippen LogP contribution in [0.4, 0.5) is 4.79 Å². The van der Waals surface area contributed by atoms with Crippen molar-refractivity contribution in [3.8, 4) is 11.1 Å². The van der Waals surface area contributed by atoms with Crippen molar-refractivity contribution in [3.05, 3.63) is 59.7 Å². The highest BCUT2D eigenvalue weighted by molar-refractivity contribution is 5.81. The quantitative estimate of drug-likeness (QED) is 0.512. The second-order valence-corrected chi connectivity index (χ2v) is 8.63. The van der Waals surface area contributed by atoms with Crippen molar-refractivity contribution < 1.29 is 29.3 Å². The van der Waals surface area contributed by atoms with E-state index in [0.717, 1.165) is 35.1 Å². The number of carbonyl (C=O) groups excluding carboxylic acids is 2. The molecule has 0 bridgehead atoms. The molecule has 2 aromatic carbocycles. The average molecular weight is 453 g/mol. The molecular weight excluding hydrogens is 424 g/mol. The summed E-state index contributed by atoms with van der Waals surface area (Å²) in [5, 5.41) is 23.4. The summed E-state index contributed by atoms with van der Waals surface area (Å²) in [6.07, 6.45) is 0.452. The van der Waals surface area contributed by atoms with Gasteiger partial charge in [0.2, 0.25) is 5.91 Å². The van der Waals surface area contributed by atoms with Crippen LogP contribution in [-0.4, -0.2) is 53.5 Å². The minimum atomic E-state index is -1.63. The molecule has 0 aromatic heterocycles. The number of amides is 2. The largest absolute Gasteiger partial charge is 0.479 e. The average Bonchev–Trinajstić information content (AvgIpc) is 3.15. The van der Waals surface area contributed by atoms with Crippen LogP contribution in [0.3, 0.4) is 0 Å². The number of carboxylic acid groups (broad SMARTS) is 1. The van der Waals surface area contributed by atoms with E-state index in [4.69, 9.17) is 9.84 Å². The van der Waals surface area contributed by atoms with Crippen LogP contribution in [0.25, 0.3) is 11.1 Å². The summed E-state index contributed by atoms with van der Waals surface area (Å²) in [5.74, 6) is -2.06. The smallest absolute Gasteiger partial charge is 0.407 e. The van der Waals surface area contributed by atoms with Crippen LogP contribution in [-0.2, 0) is 14.3 Å². The fraction of sp³-hybridized carbons (Fsp3) is 0.400. The molecule has 4 rings (SSSR count). The lowest BCUT2D eigenvalue weighted by Gasteiger charge is -2.29. The van der Waals surface area contributed by atoms with Crippen molar-refractivity contribution in [3.63, 3.8) is 0 Å². The van der Waals surface area contributed by atoms with Gasteiger partial charge in [-0.05, 0) is 41.5 Å². The highest BCUT2D eigenvalue weighted by Gasteiger charge is 2.31. The van der Waals surface area contributed by atoms with E-state index in [1.54, 1.807) is 0 Å². The molecule has 3 atom stereocenters. The van der Waals surface area contributed by atoms with E-state index in [2.05, 4.69) is 34.9 Å². The minimum absolute atomic E-state index is 0.0197. The Hall–Kier alpha value is -3.39. The summed E-state index contributed by atoms with van der Waals surface area (Å²) in [6, 6.07) is 16.1. The lowest BCUT2D eigenvalue weighted by atomic mass is 9.85. The monoisotopic (exact) mass is 452 g/mol. The molecule has 33 heavy (non-hydrogen) atoms. The molecule has 2 aliphatic carbocycles. The Morgan fingerprint density at radius 1 is 1.00 bits per heavy atom. The summed E-state index contributed by atoms with van der Waals surface area (Å²) >= 11 is 0. The van der Waals surface area contributed by atoms with Gasteiger partial charge < -0.3 is 25.6 Å². The van der Waals surface area contributed by atoms with Gasteiger partial charge >= 0.3 is 12.1 Å². The first-order chi connectivity index (χ1) is 15.9. The first kappa shape index (κ1) is 22.8. The Kier molecular flexibility index (Phi) is 6.93. The van der Waals surface area contributed by atoms with Crippen LogP contribution in [0.2, 0.25) is 0 Å². The van der Waals surface area contributed by atoms with Gasteiger partial charge in [-0.25, -0.2) is 9.59 Å². The number of aliphatic hydroxyl groups is 1. The van der Waals surface area contributed by atoms with Crippen LogP contribution in [0.1, 0.15) is 42.7 Å². The highest BCUT2D eigenvalue weighted by Crippen LogP contribution is 2.44. The van der Waals surface area contributed by atoms with Crippen molar-refractivity contribution in [1.82, 2.24) is 10.6 Å². The van der Waals surface area contributed by atoms with Gasteiger partial charge in [-0.1, -0.05) is 55.0 Å². The van der Waals surface area contributed by atoms with E-state index < -0.39 is 18.2 Å². The topological polar surface area (TPSA) is 125 Å². The number of hydrogen-bond donors (Lipinski definition) is 4. The zero-order valence-electron chi connectivity index (χ0n) is 18.2. The summed E-state index contributed by atoms with van der Waals surface area (Å²) in [5.41, 5.74) is 4.61. The number of aliphatic carboxylic acids is 1. The molecule has 174 valence electrons. The highest BCUT2D eigenvalue weighted by atomic mass is 16.5. The second kappa shape index (κ2) is 10.0.